The molecule has 1 aliphatic rings. The predicted molar refractivity (Wildman–Crippen MR) is 119 cm³/mol. The van der Waals surface area contributed by atoms with Gasteiger partial charge in [-0.15, -0.1) is 0 Å². The van der Waals surface area contributed by atoms with Crippen molar-refractivity contribution in [3.63, 3.8) is 0 Å². The van der Waals surface area contributed by atoms with E-state index in [-0.39, 0.29) is 6.61 Å². The van der Waals surface area contributed by atoms with Gasteiger partial charge < -0.3 is 28.8 Å². The van der Waals surface area contributed by atoms with Gasteiger partial charge in [-0.25, -0.2) is 0 Å². The second-order valence-electron chi connectivity index (χ2n) is 6.84. The molecule has 0 fully saturated rings. The number of allylic oxidation sites excluding steroid dienone is 5. The predicted octanol–water partition coefficient (Wildman–Crippen LogP) is 4.25. The van der Waals surface area contributed by atoms with Crippen molar-refractivity contribution in [2.24, 2.45) is 0 Å². The Morgan fingerprint density at radius 3 is 2.65 bits per heavy atom. The van der Waals surface area contributed by atoms with Crippen LogP contribution < -0.4 is 14.2 Å². The van der Waals surface area contributed by atoms with Crippen LogP contribution in [0.3, 0.4) is 0 Å². The van der Waals surface area contributed by atoms with E-state index in [4.69, 9.17) is 23.7 Å². The van der Waals surface area contributed by atoms with Gasteiger partial charge in [0.25, 0.3) is 0 Å². The first-order chi connectivity index (χ1) is 15.1. The second kappa shape index (κ2) is 10.8. The zero-order valence-corrected chi connectivity index (χ0v) is 18.4. The molecular weight excluding hydrogens is 398 g/mol. The summed E-state index contributed by atoms with van der Waals surface area (Å²) in [5.74, 6) is 2.72. The third-order valence-electron chi connectivity index (χ3n) is 4.92. The molecule has 0 saturated heterocycles. The molecule has 2 aromatic rings. The molecule has 1 unspecified atom stereocenters. The fourth-order valence-electron chi connectivity index (χ4n) is 3.34. The van der Waals surface area contributed by atoms with E-state index in [9.17, 15) is 5.11 Å². The van der Waals surface area contributed by atoms with Gasteiger partial charge in [0.2, 0.25) is 0 Å². The van der Waals surface area contributed by atoms with Crippen LogP contribution in [0.25, 0.3) is 16.5 Å². The van der Waals surface area contributed by atoms with Crippen molar-refractivity contribution in [1.82, 2.24) is 4.98 Å². The number of aliphatic hydroxyl groups excluding tert-OH is 1. The summed E-state index contributed by atoms with van der Waals surface area (Å²) in [4.78, 5) is 4.64. The van der Waals surface area contributed by atoms with Crippen LogP contribution in [-0.2, 0) is 9.47 Å². The molecule has 166 valence electrons. The van der Waals surface area contributed by atoms with E-state index in [0.29, 0.717) is 42.2 Å². The molecule has 0 amide bonds. The number of aliphatic hydroxyl groups is 1. The number of aromatic nitrogens is 1. The van der Waals surface area contributed by atoms with Gasteiger partial charge in [0.15, 0.2) is 6.29 Å². The standard InChI is InChI=1S/C24H29NO6/c1-5-30-22(26)11-12-31-24-19(16-7-6-8-17(27-2)10-9-16)15-25-20-13-18(28-3)14-21(29-4)23(20)24/h6-7,9-10,13-15,22,26H,5,8,11-12H2,1-4H3. The second-order valence-corrected chi connectivity index (χ2v) is 6.84. The van der Waals surface area contributed by atoms with Gasteiger partial charge in [-0.05, 0) is 18.6 Å². The minimum atomic E-state index is -0.882. The largest absolute Gasteiger partial charge is 0.501 e. The van der Waals surface area contributed by atoms with Crippen molar-refractivity contribution >= 4 is 16.5 Å². The summed E-state index contributed by atoms with van der Waals surface area (Å²) in [6.07, 6.45) is 9.89. The van der Waals surface area contributed by atoms with Gasteiger partial charge in [-0.3, -0.25) is 4.98 Å². The van der Waals surface area contributed by atoms with Crippen LogP contribution in [-0.4, -0.2) is 50.9 Å². The zero-order chi connectivity index (χ0) is 22.2. The van der Waals surface area contributed by atoms with Crippen LogP contribution >= 0.6 is 0 Å². The fraction of sp³-hybridized carbons (Fsp3) is 0.375. The van der Waals surface area contributed by atoms with Crippen molar-refractivity contribution in [3.05, 3.63) is 54.0 Å². The molecule has 0 saturated carbocycles. The minimum absolute atomic E-state index is 0.263. The van der Waals surface area contributed by atoms with E-state index < -0.39 is 6.29 Å². The summed E-state index contributed by atoms with van der Waals surface area (Å²) < 4.78 is 27.8. The molecule has 1 N–H and O–H groups in total. The molecule has 1 atom stereocenters. The highest BCUT2D eigenvalue weighted by atomic mass is 16.6. The third kappa shape index (κ3) is 5.37. The Morgan fingerprint density at radius 2 is 1.94 bits per heavy atom. The Hall–Kier alpha value is -3.03. The normalized spacial score (nSPS) is 14.5. The summed E-state index contributed by atoms with van der Waals surface area (Å²) in [6.45, 7) is 2.53. The molecular formula is C24H29NO6. The average molecular weight is 427 g/mol. The molecule has 0 radical (unpaired) electrons. The summed E-state index contributed by atoms with van der Waals surface area (Å²) >= 11 is 0. The number of hydrogen-bond acceptors (Lipinski definition) is 7. The fourth-order valence-corrected chi connectivity index (χ4v) is 3.34. The number of hydrogen-bond donors (Lipinski definition) is 1. The minimum Gasteiger partial charge on any atom is -0.501 e. The Kier molecular flexibility index (Phi) is 7.92. The maximum absolute atomic E-state index is 9.92. The Labute approximate surface area is 182 Å². The van der Waals surface area contributed by atoms with E-state index in [1.165, 1.54) is 0 Å². The van der Waals surface area contributed by atoms with Crippen LogP contribution in [0.15, 0.2) is 48.4 Å². The third-order valence-corrected chi connectivity index (χ3v) is 4.92. The average Bonchev–Trinajstić information content (AvgIpc) is 3.04. The Bertz CT molecular complexity index is 995. The van der Waals surface area contributed by atoms with Gasteiger partial charge in [0, 0.05) is 43.3 Å². The lowest BCUT2D eigenvalue weighted by atomic mass is 10.0. The molecule has 0 bridgehead atoms. The zero-order valence-electron chi connectivity index (χ0n) is 18.4. The van der Waals surface area contributed by atoms with Crippen LogP contribution in [0.1, 0.15) is 25.3 Å². The highest BCUT2D eigenvalue weighted by molar-refractivity contribution is 5.97. The topological polar surface area (TPSA) is 79.3 Å². The lowest BCUT2D eigenvalue weighted by molar-refractivity contribution is -0.103. The van der Waals surface area contributed by atoms with Crippen molar-refractivity contribution in [3.8, 4) is 17.2 Å². The molecule has 0 aliphatic heterocycles. The number of fused-ring (bicyclic) bond motifs is 1. The van der Waals surface area contributed by atoms with Crippen LogP contribution in [0, 0.1) is 0 Å². The maximum atomic E-state index is 9.92. The smallest absolute Gasteiger partial charge is 0.157 e. The van der Waals surface area contributed by atoms with Gasteiger partial charge >= 0.3 is 0 Å². The lowest BCUT2D eigenvalue weighted by Gasteiger charge is -2.18. The number of ether oxygens (including phenoxy) is 5. The highest BCUT2D eigenvalue weighted by Crippen LogP contribution is 2.41. The van der Waals surface area contributed by atoms with Crippen molar-refractivity contribution in [1.29, 1.82) is 0 Å². The van der Waals surface area contributed by atoms with Gasteiger partial charge in [-0.2, -0.15) is 0 Å². The molecule has 7 heteroatoms. The van der Waals surface area contributed by atoms with Crippen molar-refractivity contribution < 1.29 is 28.8 Å². The first kappa shape index (κ1) is 22.7. The number of methoxy groups -OCH3 is 3. The van der Waals surface area contributed by atoms with E-state index in [0.717, 1.165) is 22.3 Å². The Balaban J connectivity index is 2.10. The molecule has 1 aromatic heterocycles. The SMILES string of the molecule is CCOC(O)CCOc1c(C2=CC=C(OC)CC=C2)cnc2cc(OC)cc(OC)c12. The van der Waals surface area contributed by atoms with E-state index >= 15 is 0 Å². The van der Waals surface area contributed by atoms with E-state index in [1.807, 2.05) is 37.3 Å². The van der Waals surface area contributed by atoms with Crippen LogP contribution in [0.4, 0.5) is 0 Å². The van der Waals surface area contributed by atoms with Crippen molar-refractivity contribution in [2.45, 2.75) is 26.1 Å². The Morgan fingerprint density at radius 1 is 1.10 bits per heavy atom. The summed E-state index contributed by atoms with van der Waals surface area (Å²) in [6, 6.07) is 3.64. The van der Waals surface area contributed by atoms with Gasteiger partial charge in [0.05, 0.1) is 44.6 Å². The summed E-state index contributed by atoms with van der Waals surface area (Å²) in [5.41, 5.74) is 2.43. The summed E-state index contributed by atoms with van der Waals surface area (Å²) in [5, 5.41) is 10.7. The molecule has 31 heavy (non-hydrogen) atoms. The number of nitrogens with zero attached hydrogens (tertiary/aromatic N) is 1. The first-order valence-corrected chi connectivity index (χ1v) is 10.2. The van der Waals surface area contributed by atoms with Crippen LogP contribution in [0.2, 0.25) is 0 Å². The molecule has 0 spiro atoms. The number of rotatable bonds is 10. The van der Waals surface area contributed by atoms with E-state index in [2.05, 4.69) is 4.98 Å². The highest BCUT2D eigenvalue weighted by Gasteiger charge is 2.19. The number of benzene rings is 1. The molecule has 1 heterocycles. The molecule has 7 nitrogen and oxygen atoms in total. The van der Waals surface area contributed by atoms with Gasteiger partial charge in [-0.1, -0.05) is 18.2 Å². The molecule has 1 aliphatic carbocycles. The van der Waals surface area contributed by atoms with Crippen molar-refractivity contribution in [2.75, 3.05) is 34.5 Å². The maximum Gasteiger partial charge on any atom is 0.157 e. The molecule has 3 rings (SSSR count). The quantitative estimate of drug-likeness (QED) is 0.568. The summed E-state index contributed by atoms with van der Waals surface area (Å²) in [7, 11) is 4.86. The van der Waals surface area contributed by atoms with Gasteiger partial charge in [0.1, 0.15) is 17.2 Å². The lowest BCUT2D eigenvalue weighted by Crippen LogP contribution is -2.16. The van der Waals surface area contributed by atoms with E-state index in [1.54, 1.807) is 33.6 Å². The molecule has 1 aromatic carbocycles. The monoisotopic (exact) mass is 427 g/mol. The van der Waals surface area contributed by atoms with Crippen LogP contribution in [0.5, 0.6) is 17.2 Å². The first-order valence-electron chi connectivity index (χ1n) is 10.2. The number of pyridine rings is 1.